The van der Waals surface area contributed by atoms with Crippen molar-refractivity contribution in [3.8, 4) is 11.4 Å². The standard InChI is InChI=1S/C13H16FN3O/c1-3-6-15-8-12-16-13(17-18-12)10-4-5-11(14)9(2)7-10/h4-5,7,15H,3,6,8H2,1-2H3. The van der Waals surface area contributed by atoms with Crippen LogP contribution >= 0.6 is 0 Å². The topological polar surface area (TPSA) is 51.0 Å². The predicted molar refractivity (Wildman–Crippen MR) is 66.4 cm³/mol. The lowest BCUT2D eigenvalue weighted by atomic mass is 10.1. The van der Waals surface area contributed by atoms with E-state index in [0.29, 0.717) is 23.8 Å². The Balaban J connectivity index is 2.11. The number of hydrogen-bond donors (Lipinski definition) is 1. The first-order valence-corrected chi connectivity index (χ1v) is 6.00. The summed E-state index contributed by atoms with van der Waals surface area (Å²) in [6.45, 7) is 5.27. The summed E-state index contributed by atoms with van der Waals surface area (Å²) in [4.78, 5) is 4.26. The van der Waals surface area contributed by atoms with Gasteiger partial charge in [0.2, 0.25) is 11.7 Å². The normalized spacial score (nSPS) is 10.8. The largest absolute Gasteiger partial charge is 0.338 e. The first-order chi connectivity index (χ1) is 8.70. The summed E-state index contributed by atoms with van der Waals surface area (Å²) in [6.07, 6.45) is 1.05. The van der Waals surface area contributed by atoms with Crippen molar-refractivity contribution >= 4 is 0 Å². The quantitative estimate of drug-likeness (QED) is 0.828. The van der Waals surface area contributed by atoms with Crippen molar-refractivity contribution in [3.05, 3.63) is 35.5 Å². The zero-order chi connectivity index (χ0) is 13.0. The van der Waals surface area contributed by atoms with Gasteiger partial charge in [-0.3, -0.25) is 0 Å². The van der Waals surface area contributed by atoms with Gasteiger partial charge in [0.25, 0.3) is 0 Å². The summed E-state index contributed by atoms with van der Waals surface area (Å²) in [5.41, 5.74) is 1.34. The van der Waals surface area contributed by atoms with Gasteiger partial charge in [0.05, 0.1) is 6.54 Å². The number of nitrogens with zero attached hydrogens (tertiary/aromatic N) is 2. The van der Waals surface area contributed by atoms with E-state index in [1.807, 2.05) is 0 Å². The van der Waals surface area contributed by atoms with Gasteiger partial charge in [0.1, 0.15) is 5.82 Å². The maximum atomic E-state index is 13.2. The van der Waals surface area contributed by atoms with Crippen LogP contribution in [0.25, 0.3) is 11.4 Å². The van der Waals surface area contributed by atoms with Gasteiger partial charge in [-0.1, -0.05) is 12.1 Å². The SMILES string of the molecule is CCCNCc1nc(-c2ccc(F)c(C)c2)no1. The van der Waals surface area contributed by atoms with E-state index in [1.165, 1.54) is 6.07 Å². The summed E-state index contributed by atoms with van der Waals surface area (Å²) in [5, 5.41) is 7.07. The molecule has 1 aromatic carbocycles. The zero-order valence-electron chi connectivity index (χ0n) is 10.5. The van der Waals surface area contributed by atoms with Crippen LogP contribution in [0.5, 0.6) is 0 Å². The van der Waals surface area contributed by atoms with Crippen molar-refractivity contribution in [1.82, 2.24) is 15.5 Å². The third-order valence-electron chi connectivity index (χ3n) is 2.59. The van der Waals surface area contributed by atoms with E-state index >= 15 is 0 Å². The Morgan fingerprint density at radius 1 is 1.39 bits per heavy atom. The molecule has 0 radical (unpaired) electrons. The summed E-state index contributed by atoms with van der Waals surface area (Å²) in [7, 11) is 0. The monoisotopic (exact) mass is 249 g/mol. The lowest BCUT2D eigenvalue weighted by Gasteiger charge is -1.98. The van der Waals surface area contributed by atoms with Crippen LogP contribution in [0.1, 0.15) is 24.8 Å². The molecular weight excluding hydrogens is 233 g/mol. The van der Waals surface area contributed by atoms with Gasteiger partial charge < -0.3 is 9.84 Å². The molecule has 0 spiro atoms. The fraction of sp³-hybridized carbons (Fsp3) is 0.385. The molecule has 0 aliphatic rings. The molecule has 0 aliphatic carbocycles. The second-order valence-electron chi connectivity index (χ2n) is 4.15. The average molecular weight is 249 g/mol. The molecule has 4 nitrogen and oxygen atoms in total. The summed E-state index contributed by atoms with van der Waals surface area (Å²) in [5.74, 6) is 0.805. The molecule has 0 amide bonds. The van der Waals surface area contributed by atoms with Crippen molar-refractivity contribution < 1.29 is 8.91 Å². The van der Waals surface area contributed by atoms with E-state index in [0.717, 1.165) is 18.5 Å². The average Bonchev–Trinajstić information content (AvgIpc) is 2.82. The highest BCUT2D eigenvalue weighted by atomic mass is 19.1. The van der Waals surface area contributed by atoms with E-state index in [4.69, 9.17) is 4.52 Å². The van der Waals surface area contributed by atoms with E-state index in [9.17, 15) is 4.39 Å². The van der Waals surface area contributed by atoms with Crippen LogP contribution in [0.3, 0.4) is 0 Å². The molecule has 0 aliphatic heterocycles. The van der Waals surface area contributed by atoms with Gasteiger partial charge in [-0.2, -0.15) is 4.98 Å². The Morgan fingerprint density at radius 3 is 2.94 bits per heavy atom. The Labute approximate surface area is 105 Å². The molecule has 2 aromatic rings. The van der Waals surface area contributed by atoms with E-state index in [1.54, 1.807) is 19.1 Å². The van der Waals surface area contributed by atoms with Crippen LogP contribution in [0.2, 0.25) is 0 Å². The van der Waals surface area contributed by atoms with Gasteiger partial charge in [-0.25, -0.2) is 4.39 Å². The highest BCUT2D eigenvalue weighted by Gasteiger charge is 2.09. The minimum Gasteiger partial charge on any atom is -0.338 e. The number of aryl methyl sites for hydroxylation is 1. The molecule has 0 saturated carbocycles. The predicted octanol–water partition coefficient (Wildman–Crippen LogP) is 2.68. The second-order valence-corrected chi connectivity index (χ2v) is 4.15. The second kappa shape index (κ2) is 5.73. The number of nitrogens with one attached hydrogen (secondary N) is 1. The van der Waals surface area contributed by atoms with E-state index in [2.05, 4.69) is 22.4 Å². The van der Waals surface area contributed by atoms with Crippen molar-refractivity contribution in [2.75, 3.05) is 6.54 Å². The minimum absolute atomic E-state index is 0.230. The van der Waals surface area contributed by atoms with Crippen molar-refractivity contribution in [1.29, 1.82) is 0 Å². The Hall–Kier alpha value is -1.75. The fourth-order valence-electron chi connectivity index (χ4n) is 1.60. The number of aromatic nitrogens is 2. The third-order valence-corrected chi connectivity index (χ3v) is 2.59. The molecule has 18 heavy (non-hydrogen) atoms. The Bertz CT molecular complexity index is 525. The number of rotatable bonds is 5. The van der Waals surface area contributed by atoms with Crippen LogP contribution in [-0.4, -0.2) is 16.7 Å². The van der Waals surface area contributed by atoms with Crippen molar-refractivity contribution in [2.45, 2.75) is 26.8 Å². The molecular formula is C13H16FN3O. The lowest BCUT2D eigenvalue weighted by molar-refractivity contribution is 0.368. The maximum absolute atomic E-state index is 13.2. The van der Waals surface area contributed by atoms with Crippen LogP contribution in [0.15, 0.2) is 22.7 Å². The van der Waals surface area contributed by atoms with Crippen LogP contribution in [-0.2, 0) is 6.54 Å². The van der Waals surface area contributed by atoms with Crippen LogP contribution in [0.4, 0.5) is 4.39 Å². The molecule has 0 atom stereocenters. The molecule has 0 bridgehead atoms. The highest BCUT2D eigenvalue weighted by molar-refractivity contribution is 5.55. The molecule has 0 saturated heterocycles. The minimum atomic E-state index is -0.230. The third kappa shape index (κ3) is 2.92. The molecule has 0 unspecified atom stereocenters. The van der Waals surface area contributed by atoms with Crippen LogP contribution in [0, 0.1) is 12.7 Å². The summed E-state index contributed by atoms with van der Waals surface area (Å²) >= 11 is 0. The van der Waals surface area contributed by atoms with Crippen LogP contribution < -0.4 is 5.32 Å². The van der Waals surface area contributed by atoms with Gasteiger partial charge in [-0.15, -0.1) is 0 Å². The zero-order valence-corrected chi connectivity index (χ0v) is 10.5. The first-order valence-electron chi connectivity index (χ1n) is 6.00. The summed E-state index contributed by atoms with van der Waals surface area (Å²) in [6, 6.07) is 4.77. The smallest absolute Gasteiger partial charge is 0.240 e. The molecule has 5 heteroatoms. The van der Waals surface area contributed by atoms with Gasteiger partial charge in [-0.05, 0) is 43.7 Å². The van der Waals surface area contributed by atoms with E-state index < -0.39 is 0 Å². The van der Waals surface area contributed by atoms with E-state index in [-0.39, 0.29) is 5.82 Å². The highest BCUT2D eigenvalue weighted by Crippen LogP contribution is 2.18. The molecule has 1 aromatic heterocycles. The fourth-order valence-corrected chi connectivity index (χ4v) is 1.60. The number of halogens is 1. The Kier molecular flexibility index (Phi) is 4.04. The molecule has 1 N–H and O–H groups in total. The maximum Gasteiger partial charge on any atom is 0.240 e. The first kappa shape index (κ1) is 12.7. The molecule has 0 fully saturated rings. The van der Waals surface area contributed by atoms with Gasteiger partial charge in [0.15, 0.2) is 0 Å². The molecule has 1 heterocycles. The number of benzene rings is 1. The van der Waals surface area contributed by atoms with Crippen molar-refractivity contribution in [3.63, 3.8) is 0 Å². The lowest BCUT2D eigenvalue weighted by Crippen LogP contribution is -2.13. The number of hydrogen-bond acceptors (Lipinski definition) is 4. The molecule has 96 valence electrons. The summed E-state index contributed by atoms with van der Waals surface area (Å²) < 4.78 is 18.3. The Morgan fingerprint density at radius 2 is 2.22 bits per heavy atom. The van der Waals surface area contributed by atoms with Gasteiger partial charge >= 0.3 is 0 Å². The molecule has 2 rings (SSSR count). The van der Waals surface area contributed by atoms with Crippen molar-refractivity contribution in [2.24, 2.45) is 0 Å². The van der Waals surface area contributed by atoms with Gasteiger partial charge in [0, 0.05) is 5.56 Å².